The van der Waals surface area contributed by atoms with Gasteiger partial charge >= 0.3 is 0 Å². The van der Waals surface area contributed by atoms with Crippen molar-refractivity contribution in [2.24, 2.45) is 11.7 Å². The van der Waals surface area contributed by atoms with Crippen molar-refractivity contribution in [3.8, 4) is 11.4 Å². The van der Waals surface area contributed by atoms with E-state index in [0.29, 0.717) is 18.3 Å². The van der Waals surface area contributed by atoms with Gasteiger partial charge in [-0.3, -0.25) is 4.79 Å². The molecule has 1 aliphatic heterocycles. The lowest BCUT2D eigenvalue weighted by Gasteiger charge is -2.37. The summed E-state index contributed by atoms with van der Waals surface area (Å²) in [6.07, 6.45) is 1.98. The summed E-state index contributed by atoms with van der Waals surface area (Å²) in [4.78, 5) is 15.8. The van der Waals surface area contributed by atoms with Crippen LogP contribution >= 0.6 is 0 Å². The number of amides is 1. The van der Waals surface area contributed by atoms with E-state index < -0.39 is 0 Å². The van der Waals surface area contributed by atoms with Crippen molar-refractivity contribution >= 4 is 5.91 Å². The minimum Gasteiger partial charge on any atom is -0.337 e. The van der Waals surface area contributed by atoms with Crippen LogP contribution in [0.2, 0.25) is 0 Å². The SMILES string of the molecule is Cc1ccc(-c2nnn(CC(=O)N3CCC(C)CC3CN)n2)cc1. The first-order valence-corrected chi connectivity index (χ1v) is 8.41. The van der Waals surface area contributed by atoms with E-state index in [-0.39, 0.29) is 18.5 Å². The second-order valence-corrected chi connectivity index (χ2v) is 6.62. The highest BCUT2D eigenvalue weighted by atomic mass is 16.2. The van der Waals surface area contributed by atoms with Gasteiger partial charge < -0.3 is 10.6 Å². The number of tetrazole rings is 1. The van der Waals surface area contributed by atoms with Gasteiger partial charge in [-0.05, 0) is 30.9 Å². The van der Waals surface area contributed by atoms with Crippen LogP contribution in [-0.4, -0.2) is 50.1 Å². The molecule has 1 aliphatic rings. The Morgan fingerprint density at radius 2 is 2.08 bits per heavy atom. The van der Waals surface area contributed by atoms with E-state index in [9.17, 15) is 4.79 Å². The largest absolute Gasteiger partial charge is 0.337 e. The molecule has 0 spiro atoms. The molecule has 0 saturated carbocycles. The molecule has 2 aromatic rings. The van der Waals surface area contributed by atoms with Gasteiger partial charge in [0.15, 0.2) is 0 Å². The summed E-state index contributed by atoms with van der Waals surface area (Å²) < 4.78 is 0. The molecular formula is C17H24N6O. The molecule has 1 amide bonds. The van der Waals surface area contributed by atoms with Gasteiger partial charge in [0, 0.05) is 24.7 Å². The normalized spacial score (nSPS) is 21.0. The third kappa shape index (κ3) is 3.62. The summed E-state index contributed by atoms with van der Waals surface area (Å²) in [5.41, 5.74) is 7.90. The highest BCUT2D eigenvalue weighted by Gasteiger charge is 2.29. The van der Waals surface area contributed by atoms with Gasteiger partial charge in [-0.2, -0.15) is 4.80 Å². The van der Waals surface area contributed by atoms with Crippen molar-refractivity contribution in [3.05, 3.63) is 29.8 Å². The molecule has 1 saturated heterocycles. The molecule has 2 N–H and O–H groups in total. The molecule has 1 aromatic carbocycles. The summed E-state index contributed by atoms with van der Waals surface area (Å²) in [5.74, 6) is 1.15. The topological polar surface area (TPSA) is 89.9 Å². The Kier molecular flexibility index (Phi) is 4.89. The Labute approximate surface area is 141 Å². The first-order chi connectivity index (χ1) is 11.6. The molecule has 3 rings (SSSR count). The maximum absolute atomic E-state index is 12.6. The number of benzene rings is 1. The molecule has 2 unspecified atom stereocenters. The Hall–Kier alpha value is -2.28. The van der Waals surface area contributed by atoms with Gasteiger partial charge in [0.05, 0.1) is 0 Å². The lowest BCUT2D eigenvalue weighted by molar-refractivity contribution is -0.136. The van der Waals surface area contributed by atoms with Crippen LogP contribution in [0, 0.1) is 12.8 Å². The van der Waals surface area contributed by atoms with Crippen molar-refractivity contribution in [1.29, 1.82) is 0 Å². The third-order valence-corrected chi connectivity index (χ3v) is 4.61. The van der Waals surface area contributed by atoms with E-state index in [4.69, 9.17) is 5.73 Å². The summed E-state index contributed by atoms with van der Waals surface area (Å²) in [6, 6.07) is 8.02. The Balaban J connectivity index is 1.68. The molecule has 0 bridgehead atoms. The number of nitrogens with two attached hydrogens (primary N) is 1. The average Bonchev–Trinajstić information content (AvgIpc) is 3.03. The maximum Gasteiger partial charge on any atom is 0.246 e. The van der Waals surface area contributed by atoms with Gasteiger partial charge in [0.25, 0.3) is 0 Å². The molecular weight excluding hydrogens is 304 g/mol. The van der Waals surface area contributed by atoms with Gasteiger partial charge in [-0.15, -0.1) is 10.2 Å². The number of carbonyl (C=O) groups excluding carboxylic acids is 1. The molecule has 0 aliphatic carbocycles. The molecule has 7 heteroatoms. The van der Waals surface area contributed by atoms with E-state index in [1.54, 1.807) is 0 Å². The minimum absolute atomic E-state index is 0.00482. The second kappa shape index (κ2) is 7.09. The third-order valence-electron chi connectivity index (χ3n) is 4.61. The molecule has 24 heavy (non-hydrogen) atoms. The first-order valence-electron chi connectivity index (χ1n) is 8.41. The number of carbonyl (C=O) groups is 1. The predicted molar refractivity (Wildman–Crippen MR) is 90.9 cm³/mol. The lowest BCUT2D eigenvalue weighted by Crippen LogP contribution is -2.50. The van der Waals surface area contributed by atoms with Crippen LogP contribution in [0.1, 0.15) is 25.3 Å². The minimum atomic E-state index is 0.00482. The summed E-state index contributed by atoms with van der Waals surface area (Å²) >= 11 is 0. The molecule has 2 atom stereocenters. The Morgan fingerprint density at radius 1 is 1.33 bits per heavy atom. The summed E-state index contributed by atoms with van der Waals surface area (Å²) in [6.45, 7) is 5.58. The lowest BCUT2D eigenvalue weighted by atomic mass is 9.92. The average molecular weight is 328 g/mol. The van der Waals surface area contributed by atoms with Crippen molar-refractivity contribution in [3.63, 3.8) is 0 Å². The number of rotatable bonds is 4. The predicted octanol–water partition coefficient (Wildman–Crippen LogP) is 1.23. The summed E-state index contributed by atoms with van der Waals surface area (Å²) in [7, 11) is 0. The van der Waals surface area contributed by atoms with Crippen molar-refractivity contribution in [2.45, 2.75) is 39.3 Å². The number of hydrogen-bond acceptors (Lipinski definition) is 5. The standard InChI is InChI=1S/C17H24N6O/c1-12-3-5-14(6-4-12)17-19-21-23(20-17)11-16(24)22-8-7-13(2)9-15(22)10-18/h3-6,13,15H,7-11,18H2,1-2H3. The molecule has 2 heterocycles. The number of piperidine rings is 1. The monoisotopic (exact) mass is 328 g/mol. The fourth-order valence-corrected chi connectivity index (χ4v) is 3.14. The quantitative estimate of drug-likeness (QED) is 0.912. The molecule has 128 valence electrons. The fourth-order valence-electron chi connectivity index (χ4n) is 3.14. The molecule has 1 fully saturated rings. The van der Waals surface area contributed by atoms with Crippen LogP contribution in [0.4, 0.5) is 0 Å². The fraction of sp³-hybridized carbons (Fsp3) is 0.529. The van der Waals surface area contributed by atoms with Crippen molar-refractivity contribution < 1.29 is 4.79 Å². The van der Waals surface area contributed by atoms with E-state index in [1.165, 1.54) is 10.4 Å². The van der Waals surface area contributed by atoms with Gasteiger partial charge in [0.2, 0.25) is 11.7 Å². The first kappa shape index (κ1) is 16.6. The zero-order valence-electron chi connectivity index (χ0n) is 14.2. The zero-order valence-corrected chi connectivity index (χ0v) is 14.2. The smallest absolute Gasteiger partial charge is 0.246 e. The van der Waals surface area contributed by atoms with Crippen LogP contribution in [-0.2, 0) is 11.3 Å². The van der Waals surface area contributed by atoms with Gasteiger partial charge in [-0.1, -0.05) is 36.8 Å². The van der Waals surface area contributed by atoms with Crippen molar-refractivity contribution in [2.75, 3.05) is 13.1 Å². The van der Waals surface area contributed by atoms with Crippen molar-refractivity contribution in [1.82, 2.24) is 25.1 Å². The van der Waals surface area contributed by atoms with Gasteiger partial charge in [0.1, 0.15) is 6.54 Å². The maximum atomic E-state index is 12.6. The number of aromatic nitrogens is 4. The Bertz CT molecular complexity index is 695. The van der Waals surface area contributed by atoms with E-state index in [2.05, 4.69) is 22.3 Å². The highest BCUT2D eigenvalue weighted by molar-refractivity contribution is 5.76. The number of aryl methyl sites for hydroxylation is 1. The van der Waals surface area contributed by atoms with E-state index >= 15 is 0 Å². The van der Waals surface area contributed by atoms with Crippen LogP contribution in [0.3, 0.4) is 0 Å². The summed E-state index contributed by atoms with van der Waals surface area (Å²) in [5, 5.41) is 12.4. The molecule has 0 radical (unpaired) electrons. The number of hydrogen-bond donors (Lipinski definition) is 1. The molecule has 7 nitrogen and oxygen atoms in total. The van der Waals surface area contributed by atoms with Gasteiger partial charge in [-0.25, -0.2) is 0 Å². The van der Waals surface area contributed by atoms with Crippen LogP contribution in [0.15, 0.2) is 24.3 Å². The van der Waals surface area contributed by atoms with E-state index in [1.807, 2.05) is 36.1 Å². The second-order valence-electron chi connectivity index (χ2n) is 6.62. The number of nitrogens with zero attached hydrogens (tertiary/aromatic N) is 5. The van der Waals surface area contributed by atoms with Crippen LogP contribution < -0.4 is 5.73 Å². The molecule has 1 aromatic heterocycles. The van der Waals surface area contributed by atoms with Crippen LogP contribution in [0.25, 0.3) is 11.4 Å². The zero-order chi connectivity index (χ0) is 17.1. The van der Waals surface area contributed by atoms with E-state index in [0.717, 1.165) is 24.9 Å². The highest BCUT2D eigenvalue weighted by Crippen LogP contribution is 2.22. The Morgan fingerprint density at radius 3 is 2.79 bits per heavy atom. The number of likely N-dealkylation sites (tertiary alicyclic amines) is 1. The van der Waals surface area contributed by atoms with Crippen LogP contribution in [0.5, 0.6) is 0 Å².